The molecular formula is C30H48F2N4O5S2. The van der Waals surface area contributed by atoms with Crippen molar-refractivity contribution < 1.29 is 30.4 Å². The number of piperidine rings is 3. The molecule has 3 fully saturated rings. The Bertz CT molecular complexity index is 1290. The van der Waals surface area contributed by atoms with Crippen molar-refractivity contribution >= 4 is 25.8 Å². The third kappa shape index (κ3) is 9.18. The van der Waals surface area contributed by atoms with E-state index in [4.69, 9.17) is 0 Å². The molecule has 0 saturated carbocycles. The summed E-state index contributed by atoms with van der Waals surface area (Å²) in [5.74, 6) is -1.21. The molecule has 9 nitrogen and oxygen atoms in total. The van der Waals surface area contributed by atoms with Gasteiger partial charge in [0.2, 0.25) is 15.9 Å². The first-order chi connectivity index (χ1) is 20.3. The van der Waals surface area contributed by atoms with Crippen molar-refractivity contribution in [3.05, 3.63) is 35.4 Å². The summed E-state index contributed by atoms with van der Waals surface area (Å²) in [6.07, 6.45) is 8.38. The zero-order valence-corrected chi connectivity index (χ0v) is 27.4. The number of halogens is 2. The smallest absolute Gasteiger partial charge is 0.237 e. The molecule has 2 atom stereocenters. The van der Waals surface area contributed by atoms with Gasteiger partial charge in [-0.2, -0.15) is 0 Å². The molecule has 13 heteroatoms. The fraction of sp³-hybridized carbons (Fsp3) is 0.767. The minimum absolute atomic E-state index is 0.0230. The number of hydrogen-bond donors (Lipinski definition) is 0. The molecule has 3 aliphatic heterocycles. The number of sulfonamides is 1. The van der Waals surface area contributed by atoms with Gasteiger partial charge in [0.25, 0.3) is 0 Å². The fourth-order valence-corrected chi connectivity index (χ4v) is 9.57. The van der Waals surface area contributed by atoms with Crippen LogP contribution in [0.2, 0.25) is 0 Å². The van der Waals surface area contributed by atoms with E-state index < -0.39 is 36.9 Å². The molecule has 1 aromatic rings. The van der Waals surface area contributed by atoms with Gasteiger partial charge in [-0.3, -0.25) is 9.69 Å². The summed E-state index contributed by atoms with van der Waals surface area (Å²) in [6.45, 7) is 6.41. The van der Waals surface area contributed by atoms with Crippen LogP contribution < -0.4 is 0 Å². The summed E-state index contributed by atoms with van der Waals surface area (Å²) < 4.78 is 78.5. The van der Waals surface area contributed by atoms with E-state index in [-0.39, 0.29) is 30.3 Å². The first-order valence-corrected chi connectivity index (χ1v) is 19.4. The van der Waals surface area contributed by atoms with Crippen molar-refractivity contribution in [3.63, 3.8) is 0 Å². The standard InChI is InChI=1S/C30H48F2N4O5S2/c1-4-36(29(37)22-34-13-6-5-7-30(34)42(2,38)39)27-10-14-33(15-11-27)16-12-28(24-19-25(31)21-26(32)20-24)23-8-17-35(18-9-23)43(3,40)41/h19-21,23,27-28,30H,4-18,22H2,1-3H3/t28-,30?/m1/s1. The SMILES string of the molecule is CCN(C(=O)CN1CCCCC1S(C)(=O)=O)C1CCN(CC[C@@H](c2cc(F)cc(F)c2)C2CCN(S(C)(=O)=O)CC2)CC1. The maximum absolute atomic E-state index is 14.2. The van der Waals surface area contributed by atoms with Crippen LogP contribution in [0, 0.1) is 17.6 Å². The number of sulfone groups is 1. The molecule has 3 aliphatic rings. The fourth-order valence-electron chi connectivity index (χ4n) is 7.38. The second-order valence-electron chi connectivity index (χ2n) is 12.6. The van der Waals surface area contributed by atoms with E-state index in [0.29, 0.717) is 57.4 Å². The van der Waals surface area contributed by atoms with Gasteiger partial charge in [0.05, 0.1) is 12.8 Å². The zero-order valence-electron chi connectivity index (χ0n) is 25.8. The first kappa shape index (κ1) is 34.2. The van der Waals surface area contributed by atoms with Gasteiger partial charge in [0.1, 0.15) is 17.0 Å². The number of rotatable bonds is 11. The average molecular weight is 647 g/mol. The van der Waals surface area contributed by atoms with Crippen LogP contribution >= 0.6 is 0 Å². The Morgan fingerprint density at radius 3 is 2.09 bits per heavy atom. The summed E-state index contributed by atoms with van der Waals surface area (Å²) in [4.78, 5) is 19.4. The van der Waals surface area contributed by atoms with Crippen molar-refractivity contribution in [2.24, 2.45) is 5.92 Å². The van der Waals surface area contributed by atoms with Crippen LogP contribution in [0.5, 0.6) is 0 Å². The topological polar surface area (TPSA) is 98.3 Å². The van der Waals surface area contributed by atoms with Crippen molar-refractivity contribution in [1.82, 2.24) is 19.0 Å². The second-order valence-corrected chi connectivity index (χ2v) is 16.8. The molecule has 0 N–H and O–H groups in total. The molecule has 43 heavy (non-hydrogen) atoms. The number of likely N-dealkylation sites (tertiary alicyclic amines) is 2. The van der Waals surface area contributed by atoms with E-state index in [1.807, 2.05) is 16.7 Å². The Morgan fingerprint density at radius 1 is 0.907 bits per heavy atom. The maximum atomic E-state index is 14.2. The van der Waals surface area contributed by atoms with Crippen LogP contribution in [0.15, 0.2) is 18.2 Å². The molecule has 244 valence electrons. The highest BCUT2D eigenvalue weighted by molar-refractivity contribution is 7.91. The summed E-state index contributed by atoms with van der Waals surface area (Å²) in [6, 6.07) is 3.78. The number of likely N-dealkylation sites (N-methyl/N-ethyl adjacent to an activating group) is 1. The first-order valence-electron chi connectivity index (χ1n) is 15.6. The molecule has 0 aromatic heterocycles. The van der Waals surface area contributed by atoms with Crippen LogP contribution in [0.25, 0.3) is 0 Å². The van der Waals surface area contributed by atoms with Crippen molar-refractivity contribution in [1.29, 1.82) is 0 Å². The van der Waals surface area contributed by atoms with Gasteiger partial charge in [-0.05, 0) is 101 Å². The quantitative estimate of drug-likeness (QED) is 0.364. The van der Waals surface area contributed by atoms with Crippen LogP contribution in [0.3, 0.4) is 0 Å². The molecule has 0 bridgehead atoms. The molecule has 0 spiro atoms. The summed E-state index contributed by atoms with van der Waals surface area (Å²) in [7, 11) is -6.54. The Kier molecular flexibility index (Phi) is 11.6. The molecule has 3 saturated heterocycles. The number of hydrogen-bond acceptors (Lipinski definition) is 7. The van der Waals surface area contributed by atoms with Gasteiger partial charge in [-0.25, -0.2) is 29.9 Å². The average Bonchev–Trinajstić information content (AvgIpc) is 2.93. The minimum atomic E-state index is -3.27. The summed E-state index contributed by atoms with van der Waals surface area (Å²) >= 11 is 0. The number of carbonyl (C=O) groups is 1. The highest BCUT2D eigenvalue weighted by Gasteiger charge is 2.35. The molecule has 0 aliphatic carbocycles. The van der Waals surface area contributed by atoms with Gasteiger partial charge in [-0.1, -0.05) is 0 Å². The molecule has 1 aromatic carbocycles. The predicted octanol–water partition coefficient (Wildman–Crippen LogP) is 3.28. The van der Waals surface area contributed by atoms with E-state index >= 15 is 0 Å². The highest BCUT2D eigenvalue weighted by Crippen LogP contribution is 2.37. The van der Waals surface area contributed by atoms with Crippen molar-refractivity contribution in [2.45, 2.75) is 75.6 Å². The van der Waals surface area contributed by atoms with Gasteiger partial charge >= 0.3 is 0 Å². The lowest BCUT2D eigenvalue weighted by atomic mass is 9.78. The van der Waals surface area contributed by atoms with Gasteiger partial charge < -0.3 is 9.80 Å². The predicted molar refractivity (Wildman–Crippen MR) is 164 cm³/mol. The Balaban J connectivity index is 1.35. The molecule has 1 unspecified atom stereocenters. The Labute approximate surface area is 256 Å². The van der Waals surface area contributed by atoms with Gasteiger partial charge in [0.15, 0.2) is 9.84 Å². The summed E-state index contributed by atoms with van der Waals surface area (Å²) in [5, 5.41) is -0.594. The van der Waals surface area contributed by atoms with Gasteiger partial charge in [0, 0.05) is 51.1 Å². The van der Waals surface area contributed by atoms with Crippen LogP contribution in [-0.2, 0) is 24.7 Å². The number of nitrogens with zero attached hydrogens (tertiary/aromatic N) is 4. The second kappa shape index (κ2) is 14.6. The number of amides is 1. The van der Waals surface area contributed by atoms with E-state index in [9.17, 15) is 30.4 Å². The van der Waals surface area contributed by atoms with E-state index in [2.05, 4.69) is 4.90 Å². The lowest BCUT2D eigenvalue weighted by Crippen LogP contribution is -2.53. The minimum Gasteiger partial charge on any atom is -0.339 e. The molecular weight excluding hydrogens is 598 g/mol. The van der Waals surface area contributed by atoms with Crippen LogP contribution in [0.4, 0.5) is 8.78 Å². The summed E-state index contributed by atoms with van der Waals surface area (Å²) in [5.41, 5.74) is 0.623. The lowest BCUT2D eigenvalue weighted by Gasteiger charge is -2.41. The van der Waals surface area contributed by atoms with E-state index in [0.717, 1.165) is 51.4 Å². The molecule has 4 rings (SSSR count). The highest BCUT2D eigenvalue weighted by atomic mass is 32.2. The van der Waals surface area contributed by atoms with Crippen molar-refractivity contribution in [3.8, 4) is 0 Å². The third-order valence-corrected chi connectivity index (χ3v) is 12.5. The Morgan fingerprint density at radius 2 is 1.53 bits per heavy atom. The van der Waals surface area contributed by atoms with Crippen LogP contribution in [-0.4, -0.2) is 118 Å². The number of carbonyl (C=O) groups excluding carboxylic acids is 1. The molecule has 3 heterocycles. The third-order valence-electron chi connectivity index (χ3n) is 9.65. The molecule has 0 radical (unpaired) electrons. The number of benzene rings is 1. The lowest BCUT2D eigenvalue weighted by molar-refractivity contribution is -0.136. The van der Waals surface area contributed by atoms with Crippen molar-refractivity contribution in [2.75, 3.05) is 64.9 Å². The normalized spacial score (nSPS) is 23.3. The van der Waals surface area contributed by atoms with Gasteiger partial charge in [-0.15, -0.1) is 0 Å². The van der Waals surface area contributed by atoms with Crippen LogP contribution in [0.1, 0.15) is 69.8 Å². The largest absolute Gasteiger partial charge is 0.339 e. The molecule has 1 amide bonds. The zero-order chi connectivity index (χ0) is 31.4. The van der Waals surface area contributed by atoms with E-state index in [1.54, 1.807) is 0 Å². The van der Waals surface area contributed by atoms with E-state index in [1.165, 1.54) is 28.9 Å². The monoisotopic (exact) mass is 646 g/mol. The maximum Gasteiger partial charge on any atom is 0.237 e. The Hall–Kier alpha value is -1.67.